The van der Waals surface area contributed by atoms with Gasteiger partial charge in [-0.15, -0.1) is 0 Å². The Kier molecular flexibility index (Phi) is 3.88. The van der Waals surface area contributed by atoms with Crippen molar-refractivity contribution in [2.75, 3.05) is 6.54 Å². The van der Waals surface area contributed by atoms with Gasteiger partial charge in [0.15, 0.2) is 0 Å². The van der Waals surface area contributed by atoms with Crippen molar-refractivity contribution >= 4 is 6.09 Å². The molecule has 1 aliphatic rings. The minimum atomic E-state index is -0.500. The quantitative estimate of drug-likeness (QED) is 0.835. The van der Waals surface area contributed by atoms with Crippen LogP contribution in [0.2, 0.25) is 0 Å². The van der Waals surface area contributed by atoms with Crippen molar-refractivity contribution in [2.45, 2.75) is 45.4 Å². The van der Waals surface area contributed by atoms with Crippen molar-refractivity contribution in [1.82, 2.24) is 4.90 Å². The lowest BCUT2D eigenvalue weighted by Crippen LogP contribution is -2.63. The third kappa shape index (κ3) is 3.40. The molecule has 0 N–H and O–H groups in total. The van der Waals surface area contributed by atoms with Crippen LogP contribution in [0.15, 0.2) is 24.3 Å². The summed E-state index contributed by atoms with van der Waals surface area (Å²) in [6, 6.07) is 5.81. The molecule has 0 radical (unpaired) electrons. The van der Waals surface area contributed by atoms with Crippen LogP contribution in [0.4, 0.5) is 9.18 Å². The van der Waals surface area contributed by atoms with Gasteiger partial charge in [0.1, 0.15) is 23.3 Å². The van der Waals surface area contributed by atoms with Gasteiger partial charge < -0.3 is 9.47 Å². The van der Waals surface area contributed by atoms with Gasteiger partial charge in [0.25, 0.3) is 0 Å². The number of carbonyl (C=O) groups excluding carboxylic acids is 1. The predicted octanol–water partition coefficient (Wildman–Crippen LogP) is 3.21. The third-order valence-corrected chi connectivity index (χ3v) is 3.14. The van der Waals surface area contributed by atoms with E-state index in [4.69, 9.17) is 9.47 Å². The molecule has 0 bridgehead atoms. The molecule has 1 amide bonds. The van der Waals surface area contributed by atoms with E-state index in [1.54, 1.807) is 17.0 Å². The normalized spacial score (nSPS) is 22.1. The zero-order chi connectivity index (χ0) is 14.9. The predicted molar refractivity (Wildman–Crippen MR) is 73.2 cm³/mol. The van der Waals surface area contributed by atoms with Gasteiger partial charge in [0.05, 0.1) is 12.6 Å². The molecule has 0 aromatic heterocycles. The number of carbonyl (C=O) groups is 1. The van der Waals surface area contributed by atoms with E-state index in [0.29, 0.717) is 12.3 Å². The first-order valence-corrected chi connectivity index (χ1v) is 6.68. The molecule has 1 aromatic rings. The van der Waals surface area contributed by atoms with Crippen LogP contribution in [0.5, 0.6) is 5.75 Å². The van der Waals surface area contributed by atoms with Gasteiger partial charge in [0, 0.05) is 0 Å². The summed E-state index contributed by atoms with van der Waals surface area (Å²) in [5, 5.41) is 0. The van der Waals surface area contributed by atoms with Gasteiger partial charge >= 0.3 is 6.09 Å². The Hall–Kier alpha value is -1.78. The number of likely N-dealkylation sites (tertiary alicyclic amines) is 1. The zero-order valence-corrected chi connectivity index (χ0v) is 12.2. The van der Waals surface area contributed by atoms with E-state index in [1.807, 2.05) is 27.7 Å². The largest absolute Gasteiger partial charge is 0.486 e. The molecule has 5 heteroatoms. The lowest BCUT2D eigenvalue weighted by Gasteiger charge is -2.45. The van der Waals surface area contributed by atoms with Crippen molar-refractivity contribution < 1.29 is 18.7 Å². The Balaban J connectivity index is 1.87. The number of ether oxygens (including phenoxy) is 2. The van der Waals surface area contributed by atoms with Gasteiger partial charge in [-0.3, -0.25) is 4.90 Å². The maximum atomic E-state index is 12.8. The Morgan fingerprint density at radius 2 is 1.90 bits per heavy atom. The molecular formula is C15H20FNO3. The topological polar surface area (TPSA) is 38.8 Å². The van der Waals surface area contributed by atoms with Crippen LogP contribution in [-0.4, -0.2) is 35.3 Å². The molecule has 1 aromatic carbocycles. The fraction of sp³-hybridized carbons (Fsp3) is 0.533. The molecule has 1 saturated heterocycles. The number of rotatable bonds is 2. The second kappa shape index (κ2) is 5.31. The van der Waals surface area contributed by atoms with E-state index >= 15 is 0 Å². The highest BCUT2D eigenvalue weighted by Crippen LogP contribution is 2.26. The van der Waals surface area contributed by atoms with Crippen LogP contribution in [0, 0.1) is 5.82 Å². The van der Waals surface area contributed by atoms with Gasteiger partial charge in [-0.05, 0) is 52.0 Å². The summed E-state index contributed by atoms with van der Waals surface area (Å²) < 4.78 is 23.8. The second-order valence-corrected chi connectivity index (χ2v) is 5.98. The summed E-state index contributed by atoms with van der Waals surface area (Å²) >= 11 is 0. The SMILES string of the molecule is C[C@@H]1[C@H](Oc2ccc(F)cc2)CN1C(=O)OC(C)(C)C. The minimum absolute atomic E-state index is 0.0603. The van der Waals surface area contributed by atoms with Crippen molar-refractivity contribution in [3.8, 4) is 5.75 Å². The molecule has 1 heterocycles. The first-order valence-electron chi connectivity index (χ1n) is 6.68. The molecule has 0 unspecified atom stereocenters. The van der Waals surface area contributed by atoms with Crippen LogP contribution in [0.25, 0.3) is 0 Å². The van der Waals surface area contributed by atoms with Crippen LogP contribution < -0.4 is 4.74 Å². The standard InChI is InChI=1S/C15H20FNO3/c1-10-13(19-12-7-5-11(16)6-8-12)9-17(10)14(18)20-15(2,3)4/h5-8,10,13H,9H2,1-4H3/t10-,13-/m1/s1. The third-order valence-electron chi connectivity index (χ3n) is 3.14. The fourth-order valence-electron chi connectivity index (χ4n) is 1.96. The number of nitrogens with zero attached hydrogens (tertiary/aromatic N) is 1. The number of hydrogen-bond acceptors (Lipinski definition) is 3. The molecule has 2 rings (SSSR count). The molecule has 0 saturated carbocycles. The maximum absolute atomic E-state index is 12.8. The monoisotopic (exact) mass is 281 g/mol. The molecule has 0 spiro atoms. The molecule has 110 valence electrons. The number of benzene rings is 1. The Labute approximate surface area is 118 Å². The van der Waals surface area contributed by atoms with E-state index in [1.165, 1.54) is 12.1 Å². The Morgan fingerprint density at radius 3 is 2.40 bits per heavy atom. The summed E-state index contributed by atoms with van der Waals surface area (Å²) in [5.41, 5.74) is -0.500. The Bertz CT molecular complexity index is 481. The molecular weight excluding hydrogens is 261 g/mol. The van der Waals surface area contributed by atoms with E-state index < -0.39 is 5.60 Å². The average molecular weight is 281 g/mol. The van der Waals surface area contributed by atoms with Crippen LogP contribution in [0.3, 0.4) is 0 Å². The summed E-state index contributed by atoms with van der Waals surface area (Å²) in [4.78, 5) is 13.5. The molecule has 1 fully saturated rings. The smallest absolute Gasteiger partial charge is 0.410 e. The van der Waals surface area contributed by atoms with Gasteiger partial charge in [-0.2, -0.15) is 0 Å². The number of amides is 1. The van der Waals surface area contributed by atoms with Crippen LogP contribution in [0.1, 0.15) is 27.7 Å². The lowest BCUT2D eigenvalue weighted by atomic mass is 10.0. The minimum Gasteiger partial charge on any atom is -0.486 e. The van der Waals surface area contributed by atoms with E-state index in [0.717, 1.165) is 0 Å². The number of halogens is 1. The van der Waals surface area contributed by atoms with Crippen LogP contribution in [-0.2, 0) is 4.74 Å². The van der Waals surface area contributed by atoms with E-state index in [2.05, 4.69) is 0 Å². The van der Waals surface area contributed by atoms with Gasteiger partial charge in [-0.1, -0.05) is 0 Å². The van der Waals surface area contributed by atoms with Gasteiger partial charge in [0.2, 0.25) is 0 Å². The highest BCUT2D eigenvalue weighted by Gasteiger charge is 2.42. The fourth-order valence-corrected chi connectivity index (χ4v) is 1.96. The molecule has 4 nitrogen and oxygen atoms in total. The molecule has 0 aliphatic carbocycles. The zero-order valence-electron chi connectivity index (χ0n) is 12.2. The van der Waals surface area contributed by atoms with Crippen molar-refractivity contribution in [3.05, 3.63) is 30.1 Å². The lowest BCUT2D eigenvalue weighted by molar-refractivity contribution is -0.0536. The van der Waals surface area contributed by atoms with E-state index in [-0.39, 0.29) is 24.1 Å². The Morgan fingerprint density at radius 1 is 1.30 bits per heavy atom. The van der Waals surface area contributed by atoms with Crippen LogP contribution >= 0.6 is 0 Å². The summed E-state index contributed by atoms with van der Waals surface area (Å²) in [7, 11) is 0. The summed E-state index contributed by atoms with van der Waals surface area (Å²) in [6.07, 6.45) is -0.420. The summed E-state index contributed by atoms with van der Waals surface area (Å²) in [6.45, 7) is 7.89. The number of hydrogen-bond donors (Lipinski definition) is 0. The first kappa shape index (κ1) is 14.6. The molecule has 1 aliphatic heterocycles. The van der Waals surface area contributed by atoms with Crippen molar-refractivity contribution in [3.63, 3.8) is 0 Å². The molecule has 2 atom stereocenters. The highest BCUT2D eigenvalue weighted by atomic mass is 19.1. The second-order valence-electron chi connectivity index (χ2n) is 5.98. The summed E-state index contributed by atoms with van der Waals surface area (Å²) in [5.74, 6) is 0.307. The van der Waals surface area contributed by atoms with E-state index in [9.17, 15) is 9.18 Å². The maximum Gasteiger partial charge on any atom is 0.410 e. The van der Waals surface area contributed by atoms with Gasteiger partial charge in [-0.25, -0.2) is 9.18 Å². The average Bonchev–Trinajstić information content (AvgIpc) is 2.33. The van der Waals surface area contributed by atoms with Crippen molar-refractivity contribution in [1.29, 1.82) is 0 Å². The molecule has 20 heavy (non-hydrogen) atoms. The first-order chi connectivity index (χ1) is 9.26. The highest BCUT2D eigenvalue weighted by molar-refractivity contribution is 5.70. The van der Waals surface area contributed by atoms with Crippen molar-refractivity contribution in [2.24, 2.45) is 0 Å².